The number of hydrogen-bond acceptors (Lipinski definition) is 4. The largest absolute Gasteiger partial charge is 0.356 e. The van der Waals surface area contributed by atoms with Crippen molar-refractivity contribution in [2.75, 3.05) is 39.3 Å². The Morgan fingerprint density at radius 2 is 1.71 bits per heavy atom. The van der Waals surface area contributed by atoms with Crippen LogP contribution in [0.3, 0.4) is 0 Å². The minimum atomic E-state index is -3.39. The zero-order valence-corrected chi connectivity index (χ0v) is 20.3. The number of hydrogen-bond donors (Lipinski definition) is 1. The third-order valence-corrected chi connectivity index (χ3v) is 8.48. The Balaban J connectivity index is 1.36. The Kier molecular flexibility index (Phi) is 8.79. The van der Waals surface area contributed by atoms with Gasteiger partial charge in [0.25, 0.3) is 0 Å². The molecule has 1 N–H and O–H groups in total. The number of sulfonamides is 1. The van der Waals surface area contributed by atoms with Crippen LogP contribution < -0.4 is 5.32 Å². The zero-order valence-electron chi connectivity index (χ0n) is 18.7. The number of amides is 1. The van der Waals surface area contributed by atoms with Gasteiger partial charge < -0.3 is 10.2 Å². The summed E-state index contributed by atoms with van der Waals surface area (Å²) in [5, 5.41) is 3.66. The molecule has 0 aromatic heterocycles. The lowest BCUT2D eigenvalue weighted by atomic mass is 9.92. The molecule has 2 saturated heterocycles. The molecule has 1 amide bonds. The minimum absolute atomic E-state index is 0.0330. The molecule has 0 radical (unpaired) electrons. The number of likely N-dealkylation sites (tertiary alicyclic amines) is 1. The van der Waals surface area contributed by atoms with Crippen LogP contribution in [-0.4, -0.2) is 62.8 Å². The van der Waals surface area contributed by atoms with Crippen LogP contribution in [0.25, 0.3) is 0 Å². The van der Waals surface area contributed by atoms with E-state index in [0.29, 0.717) is 37.5 Å². The molecule has 1 aromatic carbocycles. The first-order valence-corrected chi connectivity index (χ1v) is 13.4. The number of rotatable bonds is 8. The van der Waals surface area contributed by atoms with Crippen molar-refractivity contribution in [3.63, 3.8) is 0 Å². The highest BCUT2D eigenvalue weighted by molar-refractivity contribution is 7.88. The molecule has 6 nitrogen and oxygen atoms in total. The summed E-state index contributed by atoms with van der Waals surface area (Å²) >= 11 is 5.87. The van der Waals surface area contributed by atoms with E-state index in [-0.39, 0.29) is 17.6 Å². The number of nitrogens with one attached hydrogen (secondary N) is 1. The van der Waals surface area contributed by atoms with Crippen LogP contribution in [0.5, 0.6) is 0 Å². The molecule has 2 atom stereocenters. The van der Waals surface area contributed by atoms with Crippen LogP contribution in [0.4, 0.5) is 0 Å². The van der Waals surface area contributed by atoms with Gasteiger partial charge >= 0.3 is 0 Å². The molecule has 1 aromatic rings. The highest BCUT2D eigenvalue weighted by atomic mass is 35.5. The summed E-state index contributed by atoms with van der Waals surface area (Å²) in [5.74, 6) is 1.43. The summed E-state index contributed by atoms with van der Waals surface area (Å²) in [6, 6.07) is 6.89. The first kappa shape index (κ1) is 24.5. The fourth-order valence-electron chi connectivity index (χ4n) is 4.91. The fraction of sp³-hybridized carbons (Fsp3) is 0.696. The molecule has 3 rings (SSSR count). The SMILES string of the molecule is C[C@@H]1C[C@H](C)CN(CCCNC(=O)C2CCN(S(=O)(=O)Cc3ccc(Cl)cc3)CC2)C1. The van der Waals surface area contributed by atoms with Gasteiger partial charge in [-0.15, -0.1) is 0 Å². The topological polar surface area (TPSA) is 69.7 Å². The molecule has 2 aliphatic rings. The summed E-state index contributed by atoms with van der Waals surface area (Å²) in [4.78, 5) is 15.0. The van der Waals surface area contributed by atoms with Crippen molar-refractivity contribution in [2.45, 2.75) is 45.3 Å². The Bertz CT molecular complexity index is 813. The van der Waals surface area contributed by atoms with Gasteiger partial charge in [-0.3, -0.25) is 4.79 Å². The lowest BCUT2D eigenvalue weighted by Gasteiger charge is -2.35. The molecule has 0 aliphatic carbocycles. The van der Waals surface area contributed by atoms with Crippen molar-refractivity contribution >= 4 is 27.5 Å². The normalized spacial score (nSPS) is 24.2. The second-order valence-electron chi connectivity index (χ2n) is 9.41. The molecule has 0 bridgehead atoms. The molecule has 0 spiro atoms. The average molecular weight is 470 g/mol. The van der Waals surface area contributed by atoms with E-state index in [4.69, 9.17) is 11.6 Å². The number of carbonyl (C=O) groups excluding carboxylic acids is 1. The number of halogens is 1. The highest BCUT2D eigenvalue weighted by Gasteiger charge is 2.31. The molecular weight excluding hydrogens is 434 g/mol. The smallest absolute Gasteiger partial charge is 0.223 e. The fourth-order valence-corrected chi connectivity index (χ4v) is 6.60. The van der Waals surface area contributed by atoms with E-state index in [1.165, 1.54) is 10.7 Å². The molecule has 2 fully saturated rings. The van der Waals surface area contributed by atoms with Crippen LogP contribution in [0.2, 0.25) is 5.02 Å². The van der Waals surface area contributed by atoms with Crippen LogP contribution in [0.1, 0.15) is 45.1 Å². The first-order valence-electron chi connectivity index (χ1n) is 11.5. The summed E-state index contributed by atoms with van der Waals surface area (Å²) in [6.07, 6.45) is 3.42. The predicted molar refractivity (Wildman–Crippen MR) is 125 cm³/mol. The van der Waals surface area contributed by atoms with Gasteiger partial charge in [0.05, 0.1) is 5.75 Å². The van der Waals surface area contributed by atoms with Crippen LogP contribution in [0.15, 0.2) is 24.3 Å². The Morgan fingerprint density at radius 1 is 1.10 bits per heavy atom. The van der Waals surface area contributed by atoms with Crippen molar-refractivity contribution < 1.29 is 13.2 Å². The maximum atomic E-state index is 12.7. The molecule has 0 unspecified atom stereocenters. The summed E-state index contributed by atoms with van der Waals surface area (Å²) < 4.78 is 26.9. The third-order valence-electron chi connectivity index (χ3n) is 6.38. The van der Waals surface area contributed by atoms with Crippen LogP contribution >= 0.6 is 11.6 Å². The van der Waals surface area contributed by atoms with Crippen molar-refractivity contribution in [3.8, 4) is 0 Å². The van der Waals surface area contributed by atoms with E-state index in [9.17, 15) is 13.2 Å². The lowest BCUT2D eigenvalue weighted by molar-refractivity contribution is -0.126. The van der Waals surface area contributed by atoms with Gasteiger partial charge in [-0.1, -0.05) is 37.6 Å². The van der Waals surface area contributed by atoms with E-state index in [1.807, 2.05) is 0 Å². The summed E-state index contributed by atoms with van der Waals surface area (Å²) in [7, 11) is -3.39. The monoisotopic (exact) mass is 469 g/mol. The first-order chi connectivity index (χ1) is 14.7. The molecule has 174 valence electrons. The van der Waals surface area contributed by atoms with Crippen molar-refractivity contribution in [1.82, 2.24) is 14.5 Å². The number of benzene rings is 1. The molecule has 0 saturated carbocycles. The quantitative estimate of drug-likeness (QED) is 0.592. The maximum Gasteiger partial charge on any atom is 0.223 e. The molecule has 8 heteroatoms. The average Bonchev–Trinajstić information content (AvgIpc) is 2.72. The van der Waals surface area contributed by atoms with Crippen molar-refractivity contribution in [3.05, 3.63) is 34.9 Å². The molecule has 31 heavy (non-hydrogen) atoms. The molecule has 2 aliphatic heterocycles. The van der Waals surface area contributed by atoms with Crippen molar-refractivity contribution in [2.24, 2.45) is 17.8 Å². The number of piperidine rings is 2. The Morgan fingerprint density at radius 3 is 2.32 bits per heavy atom. The second kappa shape index (κ2) is 11.1. The van der Waals surface area contributed by atoms with E-state index in [1.54, 1.807) is 24.3 Å². The van der Waals surface area contributed by atoms with E-state index in [2.05, 4.69) is 24.1 Å². The maximum absolute atomic E-state index is 12.7. The number of carbonyl (C=O) groups is 1. The van der Waals surface area contributed by atoms with Gasteiger partial charge in [0.15, 0.2) is 0 Å². The standard InChI is InChI=1S/C23H36ClN3O3S/c1-18-14-19(2)16-26(15-18)11-3-10-25-23(28)21-8-12-27(13-9-21)31(29,30)17-20-4-6-22(24)7-5-20/h4-7,18-19,21H,3,8-17H2,1-2H3,(H,25,28)/t18-,19+. The summed E-state index contributed by atoms with van der Waals surface area (Å²) in [6.45, 7) is 9.44. The van der Waals surface area contributed by atoms with Gasteiger partial charge in [0.1, 0.15) is 0 Å². The van der Waals surface area contributed by atoms with Crippen LogP contribution in [-0.2, 0) is 20.6 Å². The van der Waals surface area contributed by atoms with Crippen molar-refractivity contribution in [1.29, 1.82) is 0 Å². The third kappa shape index (κ3) is 7.45. The highest BCUT2D eigenvalue weighted by Crippen LogP contribution is 2.23. The van der Waals surface area contributed by atoms with Gasteiger partial charge in [0.2, 0.25) is 15.9 Å². The van der Waals surface area contributed by atoms with E-state index < -0.39 is 10.0 Å². The van der Waals surface area contributed by atoms with Gasteiger partial charge in [0, 0.05) is 43.7 Å². The van der Waals surface area contributed by atoms with Gasteiger partial charge in [-0.05, 0) is 61.8 Å². The number of nitrogens with zero attached hydrogens (tertiary/aromatic N) is 2. The molecule has 2 heterocycles. The Labute approximate surface area is 192 Å². The second-order valence-corrected chi connectivity index (χ2v) is 11.8. The summed E-state index contributed by atoms with van der Waals surface area (Å²) in [5.41, 5.74) is 0.724. The van der Waals surface area contributed by atoms with E-state index in [0.717, 1.165) is 43.5 Å². The predicted octanol–water partition coefficient (Wildman–Crippen LogP) is 3.37. The van der Waals surface area contributed by atoms with E-state index >= 15 is 0 Å². The molecular formula is C23H36ClN3O3S. The van der Waals surface area contributed by atoms with Gasteiger partial charge in [-0.2, -0.15) is 0 Å². The van der Waals surface area contributed by atoms with Gasteiger partial charge in [-0.25, -0.2) is 12.7 Å². The zero-order chi connectivity index (χ0) is 22.4. The van der Waals surface area contributed by atoms with Crippen LogP contribution in [0, 0.1) is 17.8 Å². The Hall–Kier alpha value is -1.15. The lowest BCUT2D eigenvalue weighted by Crippen LogP contribution is -2.44. The minimum Gasteiger partial charge on any atom is -0.356 e.